The molecule has 0 aromatic heterocycles. The summed E-state index contributed by atoms with van der Waals surface area (Å²) in [6.45, 7) is 3.73. The number of anilines is 1. The summed E-state index contributed by atoms with van der Waals surface area (Å²) >= 11 is 0. The van der Waals surface area contributed by atoms with E-state index in [1.165, 1.54) is 25.0 Å². The minimum Gasteiger partial charge on any atom is -0.399 e. The lowest BCUT2D eigenvalue weighted by molar-refractivity contribution is 0.334. The molecule has 0 atom stereocenters. The lowest BCUT2D eigenvalue weighted by atomic mass is 10.3. The van der Waals surface area contributed by atoms with Crippen molar-refractivity contribution in [2.45, 2.75) is 24.2 Å². The first-order chi connectivity index (χ1) is 9.08. The van der Waals surface area contributed by atoms with E-state index in [1.807, 2.05) is 0 Å². The zero-order chi connectivity index (χ0) is 13.7. The third kappa shape index (κ3) is 4.19. The highest BCUT2D eigenvalue weighted by atomic mass is 32.2. The van der Waals surface area contributed by atoms with Gasteiger partial charge in [-0.1, -0.05) is 0 Å². The molecule has 1 aliphatic rings. The van der Waals surface area contributed by atoms with Gasteiger partial charge < -0.3 is 10.6 Å². The maximum absolute atomic E-state index is 12.0. The van der Waals surface area contributed by atoms with E-state index in [4.69, 9.17) is 5.73 Å². The zero-order valence-corrected chi connectivity index (χ0v) is 11.8. The number of likely N-dealkylation sites (tertiary alicyclic amines) is 1. The van der Waals surface area contributed by atoms with Gasteiger partial charge in [0.2, 0.25) is 10.0 Å². The van der Waals surface area contributed by atoms with Crippen LogP contribution in [0.15, 0.2) is 29.2 Å². The summed E-state index contributed by atoms with van der Waals surface area (Å²) in [6, 6.07) is 6.24. The summed E-state index contributed by atoms with van der Waals surface area (Å²) in [7, 11) is -3.40. The fraction of sp³-hybridized carbons (Fsp3) is 0.538. The van der Waals surface area contributed by atoms with Crippen molar-refractivity contribution in [1.82, 2.24) is 9.62 Å². The highest BCUT2D eigenvalue weighted by Gasteiger charge is 2.14. The van der Waals surface area contributed by atoms with Crippen LogP contribution in [0.25, 0.3) is 0 Å². The Morgan fingerprint density at radius 1 is 1.16 bits per heavy atom. The lowest BCUT2D eigenvalue weighted by Gasteiger charge is -2.14. The average molecular weight is 283 g/mol. The molecule has 1 heterocycles. The van der Waals surface area contributed by atoms with Crippen LogP contribution >= 0.6 is 0 Å². The Bertz CT molecular complexity index is 493. The fourth-order valence-electron chi connectivity index (χ4n) is 2.25. The van der Waals surface area contributed by atoms with E-state index in [0.717, 1.165) is 26.1 Å². The van der Waals surface area contributed by atoms with Crippen molar-refractivity contribution in [1.29, 1.82) is 0 Å². The minimum atomic E-state index is -3.40. The van der Waals surface area contributed by atoms with Gasteiger partial charge in [0.25, 0.3) is 0 Å². The molecule has 2 rings (SSSR count). The summed E-state index contributed by atoms with van der Waals surface area (Å²) < 4.78 is 26.6. The highest BCUT2D eigenvalue weighted by molar-refractivity contribution is 7.89. The fourth-order valence-corrected chi connectivity index (χ4v) is 3.32. The number of nitrogen functional groups attached to an aromatic ring is 1. The molecule has 0 saturated carbocycles. The first-order valence-electron chi connectivity index (χ1n) is 6.65. The Morgan fingerprint density at radius 3 is 2.42 bits per heavy atom. The molecule has 0 amide bonds. The average Bonchev–Trinajstić information content (AvgIpc) is 2.88. The first-order valence-corrected chi connectivity index (χ1v) is 8.14. The molecule has 0 radical (unpaired) electrons. The van der Waals surface area contributed by atoms with Gasteiger partial charge in [0, 0.05) is 12.2 Å². The summed E-state index contributed by atoms with van der Waals surface area (Å²) in [6.07, 6.45) is 3.36. The zero-order valence-electron chi connectivity index (χ0n) is 11.0. The molecular formula is C13H21N3O2S. The molecule has 5 nitrogen and oxygen atoms in total. The normalized spacial score (nSPS) is 16.8. The van der Waals surface area contributed by atoms with E-state index < -0.39 is 10.0 Å². The van der Waals surface area contributed by atoms with Crippen LogP contribution in [0.5, 0.6) is 0 Å². The largest absolute Gasteiger partial charge is 0.399 e. The molecule has 106 valence electrons. The van der Waals surface area contributed by atoms with Crippen LogP contribution in [0.2, 0.25) is 0 Å². The molecule has 1 saturated heterocycles. The van der Waals surface area contributed by atoms with E-state index >= 15 is 0 Å². The van der Waals surface area contributed by atoms with Crippen molar-refractivity contribution < 1.29 is 8.42 Å². The molecule has 0 spiro atoms. The Morgan fingerprint density at radius 2 is 1.79 bits per heavy atom. The topological polar surface area (TPSA) is 75.4 Å². The number of sulfonamides is 1. The molecule has 0 unspecified atom stereocenters. The van der Waals surface area contributed by atoms with Crippen molar-refractivity contribution in [2.75, 3.05) is 31.9 Å². The van der Waals surface area contributed by atoms with E-state index in [9.17, 15) is 8.42 Å². The maximum atomic E-state index is 12.0. The van der Waals surface area contributed by atoms with E-state index in [0.29, 0.717) is 12.2 Å². The van der Waals surface area contributed by atoms with Crippen LogP contribution in [0.4, 0.5) is 5.69 Å². The number of hydrogen-bond acceptors (Lipinski definition) is 4. The van der Waals surface area contributed by atoms with Gasteiger partial charge in [-0.25, -0.2) is 13.1 Å². The van der Waals surface area contributed by atoms with Gasteiger partial charge in [0.05, 0.1) is 4.90 Å². The standard InChI is InChI=1S/C13H21N3O2S/c14-12-4-6-13(7-5-12)19(17,18)15-8-3-11-16-9-1-2-10-16/h4-7,15H,1-3,8-11,14H2. The minimum absolute atomic E-state index is 0.267. The molecule has 1 fully saturated rings. The predicted octanol–water partition coefficient (Wildman–Crippen LogP) is 1.03. The van der Waals surface area contributed by atoms with Crippen molar-refractivity contribution >= 4 is 15.7 Å². The van der Waals surface area contributed by atoms with E-state index in [1.54, 1.807) is 12.1 Å². The van der Waals surface area contributed by atoms with Gasteiger partial charge >= 0.3 is 0 Å². The third-order valence-electron chi connectivity index (χ3n) is 3.33. The summed E-state index contributed by atoms with van der Waals surface area (Å²) in [4.78, 5) is 2.64. The van der Waals surface area contributed by atoms with Gasteiger partial charge in [0.1, 0.15) is 0 Å². The van der Waals surface area contributed by atoms with Crippen LogP contribution < -0.4 is 10.5 Å². The van der Waals surface area contributed by atoms with Crippen molar-refractivity contribution in [3.8, 4) is 0 Å². The molecule has 0 bridgehead atoms. The van der Waals surface area contributed by atoms with E-state index in [2.05, 4.69) is 9.62 Å². The Kier molecular flexibility index (Phi) is 4.79. The SMILES string of the molecule is Nc1ccc(S(=O)(=O)NCCCN2CCCC2)cc1. The van der Waals surface area contributed by atoms with Crippen LogP contribution in [0.3, 0.4) is 0 Å². The maximum Gasteiger partial charge on any atom is 0.240 e. The molecule has 3 N–H and O–H groups in total. The van der Waals surface area contributed by atoms with E-state index in [-0.39, 0.29) is 4.90 Å². The summed E-state index contributed by atoms with van der Waals surface area (Å²) in [5, 5.41) is 0. The smallest absolute Gasteiger partial charge is 0.240 e. The predicted molar refractivity (Wildman–Crippen MR) is 76.3 cm³/mol. The van der Waals surface area contributed by atoms with Gasteiger partial charge in [-0.3, -0.25) is 0 Å². The van der Waals surface area contributed by atoms with Gasteiger partial charge in [-0.05, 0) is 63.2 Å². The number of nitrogens with two attached hydrogens (primary N) is 1. The van der Waals surface area contributed by atoms with Gasteiger partial charge in [0.15, 0.2) is 0 Å². The van der Waals surface area contributed by atoms with Crippen LogP contribution in [0, 0.1) is 0 Å². The number of hydrogen-bond donors (Lipinski definition) is 2. The Labute approximate surface area is 114 Å². The molecule has 6 heteroatoms. The van der Waals surface area contributed by atoms with Crippen LogP contribution in [0.1, 0.15) is 19.3 Å². The Balaban J connectivity index is 1.79. The van der Waals surface area contributed by atoms with Gasteiger partial charge in [-0.2, -0.15) is 0 Å². The Hall–Kier alpha value is -1.11. The molecule has 0 aliphatic carbocycles. The van der Waals surface area contributed by atoms with Crippen molar-refractivity contribution in [2.24, 2.45) is 0 Å². The van der Waals surface area contributed by atoms with Crippen LogP contribution in [-0.4, -0.2) is 39.5 Å². The second-order valence-corrected chi connectivity index (χ2v) is 6.64. The second-order valence-electron chi connectivity index (χ2n) is 4.87. The second kappa shape index (κ2) is 6.36. The molecule has 1 aromatic rings. The summed E-state index contributed by atoms with van der Waals surface area (Å²) in [5.41, 5.74) is 6.10. The number of nitrogens with one attached hydrogen (secondary N) is 1. The summed E-state index contributed by atoms with van der Waals surface area (Å²) in [5.74, 6) is 0. The third-order valence-corrected chi connectivity index (χ3v) is 4.81. The molecule has 1 aliphatic heterocycles. The number of rotatable bonds is 6. The number of nitrogens with zero attached hydrogens (tertiary/aromatic N) is 1. The quantitative estimate of drug-likeness (QED) is 0.604. The molecular weight excluding hydrogens is 262 g/mol. The van der Waals surface area contributed by atoms with Crippen molar-refractivity contribution in [3.63, 3.8) is 0 Å². The monoisotopic (exact) mass is 283 g/mol. The highest BCUT2D eigenvalue weighted by Crippen LogP contribution is 2.11. The molecule has 1 aromatic carbocycles. The van der Waals surface area contributed by atoms with Crippen molar-refractivity contribution in [3.05, 3.63) is 24.3 Å². The van der Waals surface area contributed by atoms with Gasteiger partial charge in [-0.15, -0.1) is 0 Å². The first kappa shape index (κ1) is 14.3. The van der Waals surface area contributed by atoms with Crippen LogP contribution in [-0.2, 0) is 10.0 Å². The lowest BCUT2D eigenvalue weighted by Crippen LogP contribution is -2.28. The molecule has 19 heavy (non-hydrogen) atoms. The number of benzene rings is 1.